The minimum atomic E-state index is -0.346. The number of amides is 2. The third kappa shape index (κ3) is 7.62. The monoisotopic (exact) mass is 402 g/mol. The van der Waals surface area contributed by atoms with Crippen LogP contribution < -0.4 is 10.9 Å². The first-order valence-electron chi connectivity index (χ1n) is 8.58. The van der Waals surface area contributed by atoms with Gasteiger partial charge < -0.3 is 0 Å². The van der Waals surface area contributed by atoms with Gasteiger partial charge in [0.15, 0.2) is 0 Å². The zero-order valence-electron chi connectivity index (χ0n) is 14.7. The van der Waals surface area contributed by atoms with Crippen molar-refractivity contribution in [3.05, 3.63) is 0 Å². The SMILES string of the molecule is CC(SC(C)C(=O)NN=C1CCSCC1)C(=O)NN=C1CCSCC1. The lowest BCUT2D eigenvalue weighted by atomic mass is 10.2. The second kappa shape index (κ2) is 11.1. The van der Waals surface area contributed by atoms with Crippen LogP contribution in [-0.4, -0.2) is 56.7 Å². The van der Waals surface area contributed by atoms with Crippen molar-refractivity contribution in [2.24, 2.45) is 10.2 Å². The smallest absolute Gasteiger partial charge is 0.252 e. The van der Waals surface area contributed by atoms with E-state index in [9.17, 15) is 9.59 Å². The zero-order valence-corrected chi connectivity index (χ0v) is 17.2. The van der Waals surface area contributed by atoms with Crippen molar-refractivity contribution in [3.63, 3.8) is 0 Å². The molecule has 2 aliphatic rings. The Morgan fingerprint density at radius 2 is 1.20 bits per heavy atom. The molecule has 0 saturated carbocycles. The number of nitrogens with zero attached hydrogens (tertiary/aromatic N) is 2. The van der Waals surface area contributed by atoms with Crippen LogP contribution in [0.15, 0.2) is 10.2 Å². The summed E-state index contributed by atoms with van der Waals surface area (Å²) in [4.78, 5) is 24.3. The summed E-state index contributed by atoms with van der Waals surface area (Å²) in [6.07, 6.45) is 3.74. The second-order valence-electron chi connectivity index (χ2n) is 5.95. The molecule has 0 spiro atoms. The van der Waals surface area contributed by atoms with Crippen LogP contribution >= 0.6 is 35.3 Å². The van der Waals surface area contributed by atoms with Crippen molar-refractivity contribution in [2.75, 3.05) is 23.0 Å². The molecule has 6 nitrogen and oxygen atoms in total. The van der Waals surface area contributed by atoms with Gasteiger partial charge in [-0.3, -0.25) is 9.59 Å². The van der Waals surface area contributed by atoms with Gasteiger partial charge in [-0.1, -0.05) is 0 Å². The highest BCUT2D eigenvalue weighted by atomic mass is 32.2. The molecule has 2 aliphatic heterocycles. The Labute approximate surface area is 162 Å². The Morgan fingerprint density at radius 1 is 0.840 bits per heavy atom. The fourth-order valence-electron chi connectivity index (χ4n) is 2.32. The summed E-state index contributed by atoms with van der Waals surface area (Å²) in [6, 6.07) is 0. The molecule has 25 heavy (non-hydrogen) atoms. The molecule has 0 aromatic heterocycles. The number of hydrazone groups is 2. The first-order chi connectivity index (χ1) is 12.1. The van der Waals surface area contributed by atoms with Crippen molar-refractivity contribution in [1.82, 2.24) is 10.9 Å². The Bertz CT molecular complexity index is 477. The highest BCUT2D eigenvalue weighted by molar-refractivity contribution is 8.01. The van der Waals surface area contributed by atoms with Crippen LogP contribution in [0.4, 0.5) is 0 Å². The normalized spacial score (nSPS) is 20.4. The molecule has 0 aromatic rings. The molecular formula is C16H26N4O2S3. The number of hydrogen-bond acceptors (Lipinski definition) is 7. The summed E-state index contributed by atoms with van der Waals surface area (Å²) >= 11 is 5.14. The number of thioether (sulfide) groups is 3. The van der Waals surface area contributed by atoms with Gasteiger partial charge in [-0.05, 0) is 62.5 Å². The Morgan fingerprint density at radius 3 is 1.56 bits per heavy atom. The van der Waals surface area contributed by atoms with Gasteiger partial charge in [-0.2, -0.15) is 33.7 Å². The summed E-state index contributed by atoms with van der Waals surface area (Å²) in [7, 11) is 0. The number of carbonyl (C=O) groups excluding carboxylic acids is 2. The van der Waals surface area contributed by atoms with Gasteiger partial charge in [-0.15, -0.1) is 11.8 Å². The van der Waals surface area contributed by atoms with Crippen molar-refractivity contribution in [1.29, 1.82) is 0 Å². The maximum Gasteiger partial charge on any atom is 0.252 e. The Kier molecular flexibility index (Phi) is 9.19. The standard InChI is InChI=1S/C16H26N4O2S3/c1-11(15(21)19-17-13-3-7-23-8-4-13)25-12(2)16(22)20-18-14-5-9-24-10-6-14/h11-12H,3-10H2,1-2H3,(H,19,21)(H,20,22). The number of hydrogen-bond donors (Lipinski definition) is 2. The lowest BCUT2D eigenvalue weighted by Gasteiger charge is -2.17. The molecule has 0 radical (unpaired) electrons. The van der Waals surface area contributed by atoms with Crippen molar-refractivity contribution in [3.8, 4) is 0 Å². The number of rotatable bonds is 6. The summed E-state index contributed by atoms with van der Waals surface area (Å²) < 4.78 is 0. The molecule has 2 heterocycles. The van der Waals surface area contributed by atoms with E-state index in [-0.39, 0.29) is 22.3 Å². The molecule has 2 atom stereocenters. The third-order valence-electron chi connectivity index (χ3n) is 3.94. The molecule has 2 fully saturated rings. The van der Waals surface area contributed by atoms with Crippen LogP contribution in [-0.2, 0) is 9.59 Å². The topological polar surface area (TPSA) is 82.9 Å². The predicted molar refractivity (Wildman–Crippen MR) is 111 cm³/mol. The molecular weight excluding hydrogens is 376 g/mol. The molecule has 2 rings (SSSR count). The van der Waals surface area contributed by atoms with Gasteiger partial charge in [0.25, 0.3) is 11.8 Å². The Balaban J connectivity index is 1.72. The van der Waals surface area contributed by atoms with Crippen molar-refractivity contribution < 1.29 is 9.59 Å². The van der Waals surface area contributed by atoms with Crippen LogP contribution in [0, 0.1) is 0 Å². The zero-order chi connectivity index (χ0) is 18.1. The third-order valence-corrected chi connectivity index (χ3v) is 7.15. The highest BCUT2D eigenvalue weighted by Crippen LogP contribution is 2.19. The van der Waals surface area contributed by atoms with Crippen LogP contribution in [0.1, 0.15) is 39.5 Å². The molecule has 2 saturated heterocycles. The van der Waals surface area contributed by atoms with Gasteiger partial charge in [-0.25, -0.2) is 10.9 Å². The average molecular weight is 403 g/mol. The highest BCUT2D eigenvalue weighted by Gasteiger charge is 2.22. The minimum absolute atomic E-state index is 0.161. The van der Waals surface area contributed by atoms with E-state index in [0.29, 0.717) is 0 Å². The largest absolute Gasteiger partial charge is 0.272 e. The van der Waals surface area contributed by atoms with E-state index in [1.54, 1.807) is 13.8 Å². The van der Waals surface area contributed by atoms with E-state index in [2.05, 4.69) is 21.1 Å². The van der Waals surface area contributed by atoms with Gasteiger partial charge >= 0.3 is 0 Å². The Hall–Kier alpha value is -0.670. The molecule has 2 N–H and O–H groups in total. The summed E-state index contributed by atoms with van der Waals surface area (Å²) in [6.45, 7) is 3.59. The van der Waals surface area contributed by atoms with Gasteiger partial charge in [0.2, 0.25) is 0 Å². The van der Waals surface area contributed by atoms with Gasteiger partial charge in [0.05, 0.1) is 10.5 Å². The van der Waals surface area contributed by atoms with E-state index in [1.165, 1.54) is 11.8 Å². The van der Waals surface area contributed by atoms with Crippen LogP contribution in [0.3, 0.4) is 0 Å². The van der Waals surface area contributed by atoms with Crippen LogP contribution in [0.2, 0.25) is 0 Å². The summed E-state index contributed by atoms with van der Waals surface area (Å²) in [5.41, 5.74) is 7.38. The fourth-order valence-corrected chi connectivity index (χ4v) is 5.21. The van der Waals surface area contributed by atoms with Gasteiger partial charge in [0, 0.05) is 11.4 Å². The van der Waals surface area contributed by atoms with Crippen LogP contribution in [0.25, 0.3) is 0 Å². The van der Waals surface area contributed by atoms with E-state index < -0.39 is 0 Å². The minimum Gasteiger partial charge on any atom is -0.272 e. The average Bonchev–Trinajstić information content (AvgIpc) is 2.65. The summed E-state index contributed by atoms with van der Waals surface area (Å²) in [5, 5.41) is 7.75. The number of nitrogens with one attached hydrogen (secondary N) is 2. The lowest BCUT2D eigenvalue weighted by Crippen LogP contribution is -2.34. The van der Waals surface area contributed by atoms with E-state index >= 15 is 0 Å². The van der Waals surface area contributed by atoms with E-state index in [4.69, 9.17) is 0 Å². The van der Waals surface area contributed by atoms with Crippen molar-refractivity contribution in [2.45, 2.75) is 50.0 Å². The van der Waals surface area contributed by atoms with Gasteiger partial charge in [0.1, 0.15) is 0 Å². The first-order valence-corrected chi connectivity index (χ1v) is 11.8. The molecule has 0 aliphatic carbocycles. The fraction of sp³-hybridized carbons (Fsp3) is 0.750. The number of carbonyl (C=O) groups is 2. The molecule has 140 valence electrons. The quantitative estimate of drug-likeness (QED) is 0.667. The molecule has 2 amide bonds. The molecule has 0 aromatic carbocycles. The lowest BCUT2D eigenvalue weighted by molar-refractivity contribution is -0.120. The van der Waals surface area contributed by atoms with Crippen LogP contribution in [0.5, 0.6) is 0 Å². The summed E-state index contributed by atoms with van der Waals surface area (Å²) in [5.74, 6) is 3.95. The van der Waals surface area contributed by atoms with Crippen molar-refractivity contribution >= 4 is 58.5 Å². The first kappa shape index (κ1) is 20.6. The maximum atomic E-state index is 12.1. The maximum absolute atomic E-state index is 12.1. The molecule has 9 heteroatoms. The second-order valence-corrected chi connectivity index (χ2v) is 10.1. The predicted octanol–water partition coefficient (Wildman–Crippen LogP) is 2.50. The van der Waals surface area contributed by atoms with E-state index in [0.717, 1.165) is 60.1 Å². The molecule has 0 bridgehead atoms. The van der Waals surface area contributed by atoms with E-state index in [1.807, 2.05) is 23.5 Å². The molecule has 2 unspecified atom stereocenters.